The van der Waals surface area contributed by atoms with Gasteiger partial charge in [0.25, 0.3) is 0 Å². The lowest BCUT2D eigenvalue weighted by Gasteiger charge is -2.32. The largest absolute Gasteiger partial charge is 0.489 e. The molecular formula is C26H30ClN3O3S. The predicted octanol–water partition coefficient (Wildman–Crippen LogP) is 6.91. The van der Waals surface area contributed by atoms with E-state index >= 15 is 0 Å². The first-order chi connectivity index (χ1) is 16.0. The summed E-state index contributed by atoms with van der Waals surface area (Å²) in [5, 5.41) is 11.1. The highest BCUT2D eigenvalue weighted by Crippen LogP contribution is 2.37. The normalized spacial score (nSPS) is 13.7. The van der Waals surface area contributed by atoms with Crippen LogP contribution in [0.5, 0.6) is 5.75 Å². The molecular weight excluding hydrogens is 470 g/mol. The number of ether oxygens (including phenoxy) is 2. The van der Waals surface area contributed by atoms with Gasteiger partial charge in [0.15, 0.2) is 0 Å². The van der Waals surface area contributed by atoms with Gasteiger partial charge in [-0.15, -0.1) is 10.2 Å². The quantitative estimate of drug-likeness (QED) is 0.390. The van der Waals surface area contributed by atoms with Crippen molar-refractivity contribution in [3.05, 3.63) is 52.0 Å². The fraction of sp³-hybridized carbons (Fsp3) is 0.423. The molecule has 0 spiro atoms. The Balaban J connectivity index is 1.55. The van der Waals surface area contributed by atoms with E-state index in [-0.39, 0.29) is 12.2 Å². The first kappa shape index (κ1) is 24.5. The molecule has 0 fully saturated rings. The summed E-state index contributed by atoms with van der Waals surface area (Å²) in [6.45, 7) is 12.9. The topological polar surface area (TPSA) is 64.6 Å². The van der Waals surface area contributed by atoms with Gasteiger partial charge in [-0.3, -0.25) is 0 Å². The summed E-state index contributed by atoms with van der Waals surface area (Å²) in [5.41, 5.74) is 5.08. The van der Waals surface area contributed by atoms with Crippen molar-refractivity contribution in [1.82, 2.24) is 15.1 Å². The standard InChI is InChI=1S/C26H30ClN3O3S/c1-15(2)32-22-10-8-17(13-21(22)27)23-28-29-24(34-23)20-9-7-18-14-30(12-11-19(18)16(20)3)25(31)33-26(4,5)6/h7-10,13,15H,11-12,14H2,1-6H3. The van der Waals surface area contributed by atoms with Crippen molar-refractivity contribution in [2.75, 3.05) is 6.54 Å². The van der Waals surface area contributed by atoms with E-state index < -0.39 is 5.60 Å². The zero-order valence-corrected chi connectivity index (χ0v) is 22.0. The number of carbonyl (C=O) groups is 1. The second-order valence-corrected chi connectivity index (χ2v) is 11.1. The summed E-state index contributed by atoms with van der Waals surface area (Å²) in [7, 11) is 0. The van der Waals surface area contributed by atoms with Crippen LogP contribution in [0, 0.1) is 6.92 Å². The Morgan fingerprint density at radius 3 is 2.56 bits per heavy atom. The Morgan fingerprint density at radius 1 is 1.15 bits per heavy atom. The first-order valence-electron chi connectivity index (χ1n) is 11.4. The minimum Gasteiger partial charge on any atom is -0.489 e. The SMILES string of the molecule is Cc1c(-c2nnc(-c3ccc(OC(C)C)c(Cl)c3)s2)ccc2c1CCN(C(=O)OC(C)(C)C)C2. The van der Waals surface area contributed by atoms with E-state index in [1.165, 1.54) is 22.5 Å². The van der Waals surface area contributed by atoms with Crippen LogP contribution < -0.4 is 4.74 Å². The number of halogens is 1. The van der Waals surface area contributed by atoms with Gasteiger partial charge in [-0.1, -0.05) is 35.1 Å². The van der Waals surface area contributed by atoms with Crippen LogP contribution in [0.2, 0.25) is 5.02 Å². The average molecular weight is 500 g/mol. The number of amides is 1. The Bertz CT molecular complexity index is 1220. The highest BCUT2D eigenvalue weighted by molar-refractivity contribution is 7.17. The summed E-state index contributed by atoms with van der Waals surface area (Å²) in [5.74, 6) is 0.663. The molecule has 0 atom stereocenters. The number of hydrogen-bond acceptors (Lipinski definition) is 6. The molecule has 34 heavy (non-hydrogen) atoms. The second-order valence-electron chi connectivity index (χ2n) is 9.75. The third kappa shape index (κ3) is 5.36. The van der Waals surface area contributed by atoms with Crippen molar-refractivity contribution in [3.8, 4) is 26.9 Å². The van der Waals surface area contributed by atoms with Crippen LogP contribution in [0.3, 0.4) is 0 Å². The maximum atomic E-state index is 12.5. The lowest BCUT2D eigenvalue weighted by atomic mass is 9.92. The lowest BCUT2D eigenvalue weighted by Crippen LogP contribution is -2.40. The predicted molar refractivity (Wildman–Crippen MR) is 137 cm³/mol. The van der Waals surface area contributed by atoms with E-state index in [2.05, 4.69) is 29.3 Å². The van der Waals surface area contributed by atoms with Gasteiger partial charge < -0.3 is 14.4 Å². The number of carbonyl (C=O) groups excluding carboxylic acids is 1. The molecule has 4 rings (SSSR count). The molecule has 8 heteroatoms. The van der Waals surface area contributed by atoms with Crippen LogP contribution in [0.25, 0.3) is 21.1 Å². The molecule has 2 aromatic carbocycles. The van der Waals surface area contributed by atoms with Crippen molar-refractivity contribution < 1.29 is 14.3 Å². The number of nitrogens with zero attached hydrogens (tertiary/aromatic N) is 3. The van der Waals surface area contributed by atoms with Crippen LogP contribution in [0.1, 0.15) is 51.3 Å². The summed E-state index contributed by atoms with van der Waals surface area (Å²) in [6.07, 6.45) is 0.573. The second kappa shape index (κ2) is 9.55. The molecule has 0 saturated carbocycles. The number of benzene rings is 2. The maximum Gasteiger partial charge on any atom is 0.410 e. The molecule has 0 N–H and O–H groups in total. The minimum absolute atomic E-state index is 0.0553. The molecule has 1 amide bonds. The van der Waals surface area contributed by atoms with Crippen LogP contribution >= 0.6 is 22.9 Å². The average Bonchev–Trinajstić information content (AvgIpc) is 3.23. The molecule has 2 heterocycles. The Morgan fingerprint density at radius 2 is 1.88 bits per heavy atom. The summed E-state index contributed by atoms with van der Waals surface area (Å²) in [4.78, 5) is 14.3. The van der Waals surface area contributed by atoms with E-state index in [0.717, 1.165) is 33.1 Å². The third-order valence-electron chi connectivity index (χ3n) is 5.54. The fourth-order valence-corrected chi connectivity index (χ4v) is 5.13. The zero-order valence-electron chi connectivity index (χ0n) is 20.4. The van der Waals surface area contributed by atoms with E-state index in [1.54, 1.807) is 4.90 Å². The van der Waals surface area contributed by atoms with Gasteiger partial charge in [-0.05, 0) is 82.9 Å². The first-order valence-corrected chi connectivity index (χ1v) is 12.6. The number of fused-ring (bicyclic) bond motifs is 1. The van der Waals surface area contributed by atoms with Gasteiger partial charge in [0.2, 0.25) is 0 Å². The zero-order chi connectivity index (χ0) is 24.6. The molecule has 0 radical (unpaired) electrons. The Kier molecular flexibility index (Phi) is 6.87. The van der Waals surface area contributed by atoms with Gasteiger partial charge in [0.1, 0.15) is 21.4 Å². The highest BCUT2D eigenvalue weighted by atomic mass is 35.5. The van der Waals surface area contributed by atoms with Crippen molar-refractivity contribution >= 4 is 29.0 Å². The molecule has 0 unspecified atom stereocenters. The van der Waals surface area contributed by atoms with Crippen LogP contribution in [0.4, 0.5) is 4.79 Å². The minimum atomic E-state index is -0.501. The van der Waals surface area contributed by atoms with Crippen molar-refractivity contribution in [1.29, 1.82) is 0 Å². The van der Waals surface area contributed by atoms with Crippen LogP contribution in [0.15, 0.2) is 30.3 Å². The lowest BCUT2D eigenvalue weighted by molar-refractivity contribution is 0.0224. The van der Waals surface area contributed by atoms with Crippen molar-refractivity contribution in [2.45, 2.75) is 66.2 Å². The van der Waals surface area contributed by atoms with Crippen molar-refractivity contribution in [3.63, 3.8) is 0 Å². The fourth-order valence-electron chi connectivity index (χ4n) is 3.99. The van der Waals surface area contributed by atoms with Gasteiger partial charge in [0, 0.05) is 24.2 Å². The summed E-state index contributed by atoms with van der Waals surface area (Å²) >= 11 is 7.95. The highest BCUT2D eigenvalue weighted by Gasteiger charge is 2.27. The molecule has 0 aliphatic carbocycles. The molecule has 3 aromatic rings. The van der Waals surface area contributed by atoms with Crippen LogP contribution in [-0.4, -0.2) is 39.4 Å². The number of hydrogen-bond donors (Lipinski definition) is 0. The molecule has 180 valence electrons. The molecule has 1 aliphatic heterocycles. The number of aromatic nitrogens is 2. The summed E-state index contributed by atoms with van der Waals surface area (Å²) in [6, 6.07) is 9.86. The summed E-state index contributed by atoms with van der Waals surface area (Å²) < 4.78 is 11.3. The molecule has 0 saturated heterocycles. The third-order valence-corrected chi connectivity index (χ3v) is 6.84. The van der Waals surface area contributed by atoms with Crippen molar-refractivity contribution in [2.24, 2.45) is 0 Å². The van der Waals surface area contributed by atoms with E-state index in [0.29, 0.717) is 23.9 Å². The van der Waals surface area contributed by atoms with Gasteiger partial charge in [-0.2, -0.15) is 0 Å². The number of rotatable bonds is 4. The Hall–Kier alpha value is -2.64. The van der Waals surface area contributed by atoms with Gasteiger partial charge in [0.05, 0.1) is 11.1 Å². The molecule has 1 aliphatic rings. The molecule has 1 aromatic heterocycles. The van der Waals surface area contributed by atoms with Gasteiger partial charge >= 0.3 is 6.09 Å². The van der Waals surface area contributed by atoms with E-state index in [1.807, 2.05) is 52.8 Å². The maximum absolute atomic E-state index is 12.5. The van der Waals surface area contributed by atoms with Crippen LogP contribution in [-0.2, 0) is 17.7 Å². The Labute approximate surface area is 209 Å². The monoisotopic (exact) mass is 499 g/mol. The molecule has 6 nitrogen and oxygen atoms in total. The van der Waals surface area contributed by atoms with E-state index in [4.69, 9.17) is 21.1 Å². The smallest absolute Gasteiger partial charge is 0.410 e. The van der Waals surface area contributed by atoms with E-state index in [9.17, 15) is 4.79 Å². The molecule has 0 bridgehead atoms. The van der Waals surface area contributed by atoms with Gasteiger partial charge in [-0.25, -0.2) is 4.79 Å².